The van der Waals surface area contributed by atoms with Gasteiger partial charge in [0.2, 0.25) is 12.5 Å². The van der Waals surface area contributed by atoms with E-state index in [0.29, 0.717) is 35.9 Å². The molecule has 7 nitrogen and oxygen atoms in total. The molecule has 2 aromatic rings. The Balaban J connectivity index is 1.48. The number of carbonyl (C=O) groups is 1. The van der Waals surface area contributed by atoms with Crippen molar-refractivity contribution in [3.63, 3.8) is 0 Å². The van der Waals surface area contributed by atoms with Crippen molar-refractivity contribution in [3.8, 4) is 17.2 Å². The van der Waals surface area contributed by atoms with Crippen LogP contribution in [0.2, 0.25) is 0 Å². The normalized spacial score (nSPS) is 30.5. The highest BCUT2D eigenvalue weighted by Crippen LogP contribution is 2.57. The summed E-state index contributed by atoms with van der Waals surface area (Å²) in [6.07, 6.45) is 4.77. The van der Waals surface area contributed by atoms with Gasteiger partial charge in [-0.25, -0.2) is 4.79 Å². The van der Waals surface area contributed by atoms with Crippen LogP contribution in [0.5, 0.6) is 17.2 Å². The molecule has 0 N–H and O–H groups in total. The van der Waals surface area contributed by atoms with Gasteiger partial charge in [0.05, 0.1) is 24.2 Å². The first-order valence-electron chi connectivity index (χ1n) is 11.3. The Bertz CT molecular complexity index is 1160. The number of aryl methyl sites for hydroxylation is 1. The summed E-state index contributed by atoms with van der Waals surface area (Å²) in [5, 5.41) is 0. The van der Waals surface area contributed by atoms with Gasteiger partial charge in [0.25, 0.3) is 0 Å². The van der Waals surface area contributed by atoms with E-state index in [1.165, 1.54) is 0 Å². The number of ether oxygens (including phenoxy) is 5. The number of fused-ring (bicyclic) bond motifs is 2. The molecule has 3 heterocycles. The average molecular weight is 450 g/mol. The number of hydrogen-bond donors (Lipinski definition) is 0. The zero-order chi connectivity index (χ0) is 22.7. The van der Waals surface area contributed by atoms with Gasteiger partial charge >= 0.3 is 5.97 Å². The average Bonchev–Trinajstić information content (AvgIpc) is 3.38. The van der Waals surface area contributed by atoms with E-state index in [2.05, 4.69) is 23.1 Å². The van der Waals surface area contributed by atoms with E-state index in [0.717, 1.165) is 23.1 Å². The first-order valence-corrected chi connectivity index (χ1v) is 11.3. The van der Waals surface area contributed by atoms with Gasteiger partial charge in [0, 0.05) is 31.8 Å². The van der Waals surface area contributed by atoms with Crippen LogP contribution < -0.4 is 14.2 Å². The Hall–Kier alpha value is -3.03. The van der Waals surface area contributed by atoms with Crippen LogP contribution in [0.25, 0.3) is 0 Å². The Labute approximate surface area is 192 Å². The summed E-state index contributed by atoms with van der Waals surface area (Å²) in [5.74, 6) is 1.72. The van der Waals surface area contributed by atoms with Gasteiger partial charge in [0.15, 0.2) is 11.5 Å². The van der Waals surface area contributed by atoms with Gasteiger partial charge in [-0.1, -0.05) is 29.8 Å². The molecular formula is C26H27NO6. The second-order valence-corrected chi connectivity index (χ2v) is 9.18. The standard InChI is InChI=1S/C26H27NO6/c1-15-5-4-6-16(9-15)25(28)33-22-13-27-12-18-19(11-20-24(23(18)30-3)32-14-31-20)26(22)8-7-17(29-2)10-21(26)27/h4-9,11,17,21-22H,10,12-14H2,1-3H3/t17-,21-,22+,26+/m0/s1. The summed E-state index contributed by atoms with van der Waals surface area (Å²) in [6, 6.07) is 9.72. The molecular weight excluding hydrogens is 422 g/mol. The third-order valence-electron chi connectivity index (χ3n) is 7.53. The molecule has 5 atom stereocenters. The highest BCUT2D eigenvalue weighted by Gasteiger charge is 2.61. The van der Waals surface area contributed by atoms with Crippen molar-refractivity contribution in [1.29, 1.82) is 0 Å². The van der Waals surface area contributed by atoms with Gasteiger partial charge in [-0.2, -0.15) is 0 Å². The number of esters is 1. The van der Waals surface area contributed by atoms with Crippen molar-refractivity contribution in [2.45, 2.75) is 43.6 Å². The number of benzene rings is 2. The summed E-state index contributed by atoms with van der Waals surface area (Å²) in [6.45, 7) is 3.46. The smallest absolute Gasteiger partial charge is 0.338 e. The lowest BCUT2D eigenvalue weighted by Crippen LogP contribution is -2.53. The number of nitrogens with zero attached hydrogens (tertiary/aromatic N) is 1. The molecule has 1 saturated heterocycles. The van der Waals surface area contributed by atoms with E-state index >= 15 is 0 Å². The zero-order valence-electron chi connectivity index (χ0n) is 19.0. The predicted octanol–water partition coefficient (Wildman–Crippen LogP) is 3.37. The van der Waals surface area contributed by atoms with Gasteiger partial charge in [0.1, 0.15) is 6.10 Å². The number of hydrogen-bond acceptors (Lipinski definition) is 7. The Morgan fingerprint density at radius 3 is 2.88 bits per heavy atom. The molecule has 7 heteroatoms. The van der Waals surface area contributed by atoms with Crippen molar-refractivity contribution in [2.24, 2.45) is 0 Å². The molecule has 0 radical (unpaired) electrons. The van der Waals surface area contributed by atoms with Crippen LogP contribution in [0.15, 0.2) is 42.5 Å². The summed E-state index contributed by atoms with van der Waals surface area (Å²) in [4.78, 5) is 15.6. The Morgan fingerprint density at radius 1 is 1.21 bits per heavy atom. The monoisotopic (exact) mass is 449 g/mol. The molecule has 0 amide bonds. The van der Waals surface area contributed by atoms with Gasteiger partial charge in [-0.3, -0.25) is 4.90 Å². The molecule has 0 saturated carbocycles. The van der Waals surface area contributed by atoms with Crippen molar-refractivity contribution in [3.05, 3.63) is 64.7 Å². The molecule has 33 heavy (non-hydrogen) atoms. The summed E-state index contributed by atoms with van der Waals surface area (Å²) >= 11 is 0. The molecule has 1 fully saturated rings. The quantitative estimate of drug-likeness (QED) is 0.524. The molecule has 1 aliphatic carbocycles. The molecule has 0 spiro atoms. The van der Waals surface area contributed by atoms with Gasteiger partial charge in [-0.05, 0) is 37.1 Å². The van der Waals surface area contributed by atoms with E-state index in [-0.39, 0.29) is 31.0 Å². The fraction of sp³-hybridized carbons (Fsp3) is 0.423. The third kappa shape index (κ3) is 2.92. The molecule has 2 aromatic carbocycles. The van der Waals surface area contributed by atoms with Crippen LogP contribution in [0, 0.1) is 6.92 Å². The third-order valence-corrected chi connectivity index (χ3v) is 7.53. The first kappa shape index (κ1) is 20.6. The van der Waals surface area contributed by atoms with E-state index in [1.54, 1.807) is 20.3 Å². The number of carbonyl (C=O) groups excluding carboxylic acids is 1. The van der Waals surface area contributed by atoms with Crippen LogP contribution in [0.4, 0.5) is 0 Å². The SMILES string of the molecule is COc1c2c(cc3c1OCO3)[C@]13C=C[C@H](OC)C[C@@H]1N(C2)C[C@H]3OC(=O)c1cccc(C)c1. The van der Waals surface area contributed by atoms with E-state index in [9.17, 15) is 4.79 Å². The Kier molecular flexibility index (Phi) is 4.67. The molecule has 172 valence electrons. The lowest BCUT2D eigenvalue weighted by Gasteiger charge is -2.46. The molecule has 1 unspecified atom stereocenters. The fourth-order valence-electron chi connectivity index (χ4n) is 6.05. The van der Waals surface area contributed by atoms with Crippen LogP contribution in [-0.2, 0) is 21.4 Å². The summed E-state index contributed by atoms with van der Waals surface area (Å²) in [7, 11) is 3.39. The fourth-order valence-corrected chi connectivity index (χ4v) is 6.05. The largest absolute Gasteiger partial charge is 0.492 e. The molecule has 3 aliphatic heterocycles. The highest BCUT2D eigenvalue weighted by molar-refractivity contribution is 5.90. The second-order valence-electron chi connectivity index (χ2n) is 9.18. The summed E-state index contributed by atoms with van der Waals surface area (Å²) in [5.41, 5.74) is 3.22. The molecule has 6 rings (SSSR count). The van der Waals surface area contributed by atoms with Gasteiger partial charge in [-0.15, -0.1) is 0 Å². The summed E-state index contributed by atoms with van der Waals surface area (Å²) < 4.78 is 29.2. The van der Waals surface area contributed by atoms with E-state index < -0.39 is 5.41 Å². The lowest BCUT2D eigenvalue weighted by atomic mass is 9.65. The van der Waals surface area contributed by atoms with E-state index in [1.807, 2.05) is 25.1 Å². The van der Waals surface area contributed by atoms with Gasteiger partial charge < -0.3 is 23.7 Å². The maximum Gasteiger partial charge on any atom is 0.338 e. The van der Waals surface area contributed by atoms with E-state index in [4.69, 9.17) is 23.7 Å². The number of methoxy groups -OCH3 is 2. The lowest BCUT2D eigenvalue weighted by molar-refractivity contribution is 0.0187. The maximum absolute atomic E-state index is 13.2. The van der Waals surface area contributed by atoms with Crippen molar-refractivity contribution in [2.75, 3.05) is 27.6 Å². The minimum atomic E-state index is -0.518. The van der Waals surface area contributed by atoms with Crippen LogP contribution >= 0.6 is 0 Å². The van der Waals surface area contributed by atoms with Crippen LogP contribution in [0.3, 0.4) is 0 Å². The topological polar surface area (TPSA) is 66.5 Å². The minimum Gasteiger partial charge on any atom is -0.492 e. The van der Waals surface area contributed by atoms with Crippen molar-refractivity contribution in [1.82, 2.24) is 4.90 Å². The Morgan fingerprint density at radius 2 is 2.09 bits per heavy atom. The zero-order valence-corrected chi connectivity index (χ0v) is 19.0. The highest BCUT2D eigenvalue weighted by atomic mass is 16.7. The molecule has 4 aliphatic rings. The minimum absolute atomic E-state index is 0.0225. The van der Waals surface area contributed by atoms with Crippen molar-refractivity contribution < 1.29 is 28.5 Å². The molecule has 2 bridgehead atoms. The van der Waals surface area contributed by atoms with Crippen LogP contribution in [0.1, 0.15) is 33.5 Å². The predicted molar refractivity (Wildman–Crippen MR) is 120 cm³/mol. The number of rotatable bonds is 4. The second kappa shape index (κ2) is 7.50. The molecule has 0 aromatic heterocycles. The maximum atomic E-state index is 13.2. The first-order chi connectivity index (χ1) is 16.0. The van der Waals surface area contributed by atoms with Crippen LogP contribution in [-0.4, -0.2) is 56.7 Å². The van der Waals surface area contributed by atoms with Crippen molar-refractivity contribution >= 4 is 5.97 Å².